The highest BCUT2D eigenvalue weighted by molar-refractivity contribution is 5.21. The van der Waals surface area contributed by atoms with Crippen LogP contribution in [-0.2, 0) is 0 Å². The Balaban J connectivity index is 1.92. The van der Waals surface area contributed by atoms with Crippen LogP contribution in [-0.4, -0.2) is 49.6 Å². The predicted octanol–water partition coefficient (Wildman–Crippen LogP) is 1.71. The number of likely N-dealkylation sites (N-methyl/N-ethyl adjacent to an activating group) is 1. The van der Waals surface area contributed by atoms with Crippen LogP contribution < -0.4 is 5.73 Å². The van der Waals surface area contributed by atoms with Crippen molar-refractivity contribution in [2.75, 3.05) is 39.8 Å². The van der Waals surface area contributed by atoms with E-state index in [1.807, 2.05) is 6.07 Å². The maximum absolute atomic E-state index is 13.7. The summed E-state index contributed by atoms with van der Waals surface area (Å²) in [6.45, 7) is 7.39. The van der Waals surface area contributed by atoms with Gasteiger partial charge in [-0.25, -0.2) is 4.39 Å². The molecule has 3 nitrogen and oxygen atoms in total. The van der Waals surface area contributed by atoms with Crippen molar-refractivity contribution in [3.8, 4) is 0 Å². The van der Waals surface area contributed by atoms with Crippen molar-refractivity contribution in [3.63, 3.8) is 0 Å². The van der Waals surface area contributed by atoms with Gasteiger partial charge in [0.15, 0.2) is 0 Å². The van der Waals surface area contributed by atoms with Crippen LogP contribution in [0.2, 0.25) is 0 Å². The minimum absolute atomic E-state index is 0.194. The third-order valence-electron chi connectivity index (χ3n) is 4.02. The van der Waals surface area contributed by atoms with Gasteiger partial charge in [-0.3, -0.25) is 0 Å². The van der Waals surface area contributed by atoms with Gasteiger partial charge >= 0.3 is 0 Å². The number of halogens is 1. The number of hydrogen-bond acceptors (Lipinski definition) is 3. The van der Waals surface area contributed by atoms with Crippen molar-refractivity contribution in [1.29, 1.82) is 0 Å². The zero-order valence-corrected chi connectivity index (χ0v) is 11.8. The van der Waals surface area contributed by atoms with Crippen molar-refractivity contribution in [2.45, 2.75) is 13.0 Å². The Labute approximate surface area is 115 Å². The van der Waals surface area contributed by atoms with Crippen molar-refractivity contribution < 1.29 is 4.39 Å². The Morgan fingerprint density at radius 1 is 1.21 bits per heavy atom. The summed E-state index contributed by atoms with van der Waals surface area (Å²) in [4.78, 5) is 4.75. The normalized spacial score (nSPS) is 21.3. The topological polar surface area (TPSA) is 32.5 Å². The molecule has 2 unspecified atom stereocenters. The number of nitrogens with two attached hydrogens (primary N) is 1. The second-order valence-corrected chi connectivity index (χ2v) is 5.63. The molecule has 0 bridgehead atoms. The number of rotatable bonds is 4. The molecular weight excluding hydrogens is 241 g/mol. The molecule has 106 valence electrons. The standard InChI is InChI=1S/C15H24FN3/c1-12(11-19-9-7-18(2)8-10-19)15(17)13-5-3-4-6-14(13)16/h3-6,12,15H,7-11,17H2,1-2H3. The maximum Gasteiger partial charge on any atom is 0.127 e. The maximum atomic E-state index is 13.7. The van der Waals surface area contributed by atoms with Crippen molar-refractivity contribution >= 4 is 0 Å². The third kappa shape index (κ3) is 3.75. The molecule has 0 amide bonds. The molecule has 19 heavy (non-hydrogen) atoms. The van der Waals surface area contributed by atoms with Gasteiger partial charge in [0.25, 0.3) is 0 Å². The minimum atomic E-state index is -0.235. The zero-order chi connectivity index (χ0) is 13.8. The monoisotopic (exact) mass is 265 g/mol. The summed E-state index contributed by atoms with van der Waals surface area (Å²) in [5.41, 5.74) is 6.84. The van der Waals surface area contributed by atoms with E-state index in [1.165, 1.54) is 6.07 Å². The van der Waals surface area contributed by atoms with Crippen LogP contribution in [0, 0.1) is 11.7 Å². The number of hydrogen-bond donors (Lipinski definition) is 1. The summed E-state index contributed by atoms with van der Waals surface area (Å²) in [5.74, 6) is 0.0560. The fourth-order valence-electron chi connectivity index (χ4n) is 2.60. The lowest BCUT2D eigenvalue weighted by Gasteiger charge is -2.35. The average molecular weight is 265 g/mol. The van der Waals surface area contributed by atoms with Gasteiger partial charge in [-0.05, 0) is 19.0 Å². The van der Waals surface area contributed by atoms with E-state index >= 15 is 0 Å². The lowest BCUT2D eigenvalue weighted by Crippen LogP contribution is -2.46. The van der Waals surface area contributed by atoms with Crippen molar-refractivity contribution in [2.24, 2.45) is 11.7 Å². The van der Waals surface area contributed by atoms with Crippen LogP contribution in [0.25, 0.3) is 0 Å². The SMILES string of the molecule is CC(CN1CCN(C)CC1)C(N)c1ccccc1F. The Morgan fingerprint density at radius 2 is 1.84 bits per heavy atom. The number of piperazine rings is 1. The Bertz CT molecular complexity index is 402. The molecule has 2 N–H and O–H groups in total. The first-order chi connectivity index (χ1) is 9.08. The van der Waals surface area contributed by atoms with Crippen molar-refractivity contribution in [3.05, 3.63) is 35.6 Å². The second-order valence-electron chi connectivity index (χ2n) is 5.63. The van der Waals surface area contributed by atoms with Gasteiger partial charge in [0.2, 0.25) is 0 Å². The summed E-state index contributed by atoms with van der Waals surface area (Å²) in [6, 6.07) is 6.59. The third-order valence-corrected chi connectivity index (χ3v) is 4.02. The largest absolute Gasteiger partial charge is 0.324 e. The van der Waals surface area contributed by atoms with Gasteiger partial charge < -0.3 is 15.5 Å². The molecule has 1 aliphatic rings. The summed E-state index contributed by atoms with van der Waals surface area (Å²) in [6.07, 6.45) is 0. The van der Waals surface area contributed by atoms with Crippen molar-refractivity contribution in [1.82, 2.24) is 9.80 Å². The Hall–Kier alpha value is -0.970. The van der Waals surface area contributed by atoms with Crippen LogP contribution in [0.1, 0.15) is 18.5 Å². The molecule has 0 aliphatic carbocycles. The lowest BCUT2D eigenvalue weighted by atomic mass is 9.94. The van der Waals surface area contributed by atoms with Crippen LogP contribution in [0.3, 0.4) is 0 Å². The average Bonchev–Trinajstić information content (AvgIpc) is 2.41. The fraction of sp³-hybridized carbons (Fsp3) is 0.600. The van der Waals surface area contributed by atoms with Crippen LogP contribution >= 0.6 is 0 Å². The quantitative estimate of drug-likeness (QED) is 0.899. The van der Waals surface area contributed by atoms with E-state index in [-0.39, 0.29) is 17.8 Å². The highest BCUT2D eigenvalue weighted by atomic mass is 19.1. The molecule has 4 heteroatoms. The molecule has 1 aromatic rings. The van der Waals surface area contributed by atoms with E-state index < -0.39 is 0 Å². The zero-order valence-electron chi connectivity index (χ0n) is 11.8. The minimum Gasteiger partial charge on any atom is -0.324 e. The number of nitrogens with zero attached hydrogens (tertiary/aromatic N) is 2. The van der Waals surface area contributed by atoms with Gasteiger partial charge in [-0.15, -0.1) is 0 Å². The van der Waals surface area contributed by atoms with E-state index in [0.29, 0.717) is 5.56 Å². The first-order valence-corrected chi connectivity index (χ1v) is 6.99. The molecule has 2 atom stereocenters. The van der Waals surface area contributed by atoms with Gasteiger partial charge in [0, 0.05) is 44.3 Å². The van der Waals surface area contributed by atoms with E-state index in [1.54, 1.807) is 12.1 Å². The first kappa shape index (κ1) is 14.4. The van der Waals surface area contributed by atoms with E-state index in [9.17, 15) is 4.39 Å². The molecule has 0 spiro atoms. The smallest absolute Gasteiger partial charge is 0.127 e. The molecule has 1 heterocycles. The fourth-order valence-corrected chi connectivity index (χ4v) is 2.60. The van der Waals surface area contributed by atoms with E-state index in [2.05, 4.69) is 23.8 Å². The molecular formula is C15H24FN3. The summed E-state index contributed by atoms with van der Waals surface area (Å²) in [5, 5.41) is 0. The van der Waals surface area contributed by atoms with Crippen LogP contribution in [0.4, 0.5) is 4.39 Å². The van der Waals surface area contributed by atoms with E-state index in [0.717, 1.165) is 32.7 Å². The molecule has 1 saturated heterocycles. The lowest BCUT2D eigenvalue weighted by molar-refractivity contribution is 0.133. The number of benzene rings is 1. The Kier molecular flexibility index (Phi) is 4.91. The molecule has 1 aliphatic heterocycles. The van der Waals surface area contributed by atoms with Gasteiger partial charge in [-0.2, -0.15) is 0 Å². The van der Waals surface area contributed by atoms with Crippen LogP contribution in [0.5, 0.6) is 0 Å². The summed E-state index contributed by atoms with van der Waals surface area (Å²) >= 11 is 0. The molecule has 2 rings (SSSR count). The molecule has 0 radical (unpaired) electrons. The summed E-state index contributed by atoms with van der Waals surface area (Å²) in [7, 11) is 2.14. The molecule has 1 aromatic carbocycles. The Morgan fingerprint density at radius 3 is 2.47 bits per heavy atom. The molecule has 1 fully saturated rings. The highest BCUT2D eigenvalue weighted by Crippen LogP contribution is 2.23. The van der Waals surface area contributed by atoms with Gasteiger partial charge in [0.1, 0.15) is 5.82 Å². The summed E-state index contributed by atoms with van der Waals surface area (Å²) < 4.78 is 13.7. The second kappa shape index (κ2) is 6.46. The molecule has 0 saturated carbocycles. The predicted molar refractivity (Wildman–Crippen MR) is 76.4 cm³/mol. The van der Waals surface area contributed by atoms with Gasteiger partial charge in [-0.1, -0.05) is 25.1 Å². The van der Waals surface area contributed by atoms with E-state index in [4.69, 9.17) is 5.73 Å². The first-order valence-electron chi connectivity index (χ1n) is 6.99. The highest BCUT2D eigenvalue weighted by Gasteiger charge is 2.22. The molecule has 0 aromatic heterocycles. The van der Waals surface area contributed by atoms with Gasteiger partial charge in [0.05, 0.1) is 0 Å². The van der Waals surface area contributed by atoms with Crippen LogP contribution in [0.15, 0.2) is 24.3 Å².